The molecule has 0 fully saturated rings. The molecule has 0 aliphatic rings. The number of rotatable bonds is 4. The minimum absolute atomic E-state index is 0.259. The van der Waals surface area contributed by atoms with E-state index in [9.17, 15) is 10.1 Å². The van der Waals surface area contributed by atoms with Gasteiger partial charge in [0, 0.05) is 15.8 Å². The van der Waals surface area contributed by atoms with Crippen LogP contribution in [0, 0.1) is 11.3 Å². The van der Waals surface area contributed by atoms with Crippen molar-refractivity contribution in [3.8, 4) is 23.1 Å². The van der Waals surface area contributed by atoms with Crippen LogP contribution in [-0.4, -0.2) is 12.1 Å². The second-order valence-electron chi connectivity index (χ2n) is 6.23. The van der Waals surface area contributed by atoms with Crippen molar-refractivity contribution in [1.29, 1.82) is 5.26 Å². The van der Waals surface area contributed by atoms with Crippen molar-refractivity contribution in [2.75, 3.05) is 7.11 Å². The van der Waals surface area contributed by atoms with Crippen LogP contribution >= 0.6 is 34.5 Å². The number of nitriles is 1. The maximum Gasteiger partial charge on any atom is 0.345 e. The first-order chi connectivity index (χ1) is 14.5. The van der Waals surface area contributed by atoms with Crippen LogP contribution < -0.4 is 10.4 Å². The number of hydrogen-bond acceptors (Lipinski definition) is 6. The fourth-order valence-electron chi connectivity index (χ4n) is 2.87. The highest BCUT2D eigenvalue weighted by Crippen LogP contribution is 2.31. The third-order valence-corrected chi connectivity index (χ3v) is 5.68. The van der Waals surface area contributed by atoms with Crippen molar-refractivity contribution in [2.45, 2.75) is 0 Å². The predicted octanol–water partition coefficient (Wildman–Crippen LogP) is 6.30. The van der Waals surface area contributed by atoms with Gasteiger partial charge in [0.05, 0.1) is 29.0 Å². The van der Waals surface area contributed by atoms with Crippen molar-refractivity contribution in [1.82, 2.24) is 4.98 Å². The highest BCUT2D eigenvalue weighted by Gasteiger charge is 2.15. The van der Waals surface area contributed by atoms with Crippen LogP contribution in [0.2, 0.25) is 10.0 Å². The number of nitrogens with zero attached hydrogens (tertiary/aromatic N) is 2. The lowest BCUT2D eigenvalue weighted by molar-refractivity contribution is 0.415. The molecule has 0 saturated carbocycles. The van der Waals surface area contributed by atoms with Gasteiger partial charge in [-0.1, -0.05) is 35.3 Å². The Morgan fingerprint density at radius 3 is 2.70 bits per heavy atom. The van der Waals surface area contributed by atoms with Crippen LogP contribution in [0.1, 0.15) is 10.6 Å². The number of ether oxygens (including phenoxy) is 1. The molecule has 0 saturated heterocycles. The number of fused-ring (bicyclic) bond motifs is 1. The normalized spacial score (nSPS) is 11.5. The van der Waals surface area contributed by atoms with Gasteiger partial charge in [0.25, 0.3) is 0 Å². The summed E-state index contributed by atoms with van der Waals surface area (Å²) in [7, 11) is 1.59. The first-order valence-electron chi connectivity index (χ1n) is 8.63. The molecule has 5 nitrogen and oxygen atoms in total. The second-order valence-corrected chi connectivity index (χ2v) is 7.94. The highest BCUT2D eigenvalue weighted by molar-refractivity contribution is 7.11. The number of allylic oxidation sites excluding steroid dienone is 1. The van der Waals surface area contributed by atoms with E-state index in [-0.39, 0.29) is 16.2 Å². The van der Waals surface area contributed by atoms with Crippen molar-refractivity contribution < 1.29 is 9.15 Å². The second kappa shape index (κ2) is 8.33. The maximum absolute atomic E-state index is 12.5. The lowest BCUT2D eigenvalue weighted by atomic mass is 10.1. The Hall–Kier alpha value is -3.11. The van der Waals surface area contributed by atoms with E-state index in [2.05, 4.69) is 11.1 Å². The van der Waals surface area contributed by atoms with E-state index >= 15 is 0 Å². The highest BCUT2D eigenvalue weighted by atomic mass is 35.5. The Bertz CT molecular complexity index is 1380. The fraction of sp³-hybridized carbons (Fsp3) is 0.0455. The molecule has 148 valence electrons. The first-order valence-corrected chi connectivity index (χ1v) is 10.3. The fourth-order valence-corrected chi connectivity index (χ4v) is 4.20. The zero-order chi connectivity index (χ0) is 21.3. The number of hydrogen-bond donors (Lipinski definition) is 0. The van der Waals surface area contributed by atoms with Crippen molar-refractivity contribution in [3.63, 3.8) is 0 Å². The van der Waals surface area contributed by atoms with E-state index in [0.717, 1.165) is 11.3 Å². The number of methoxy groups -OCH3 is 1. The Balaban J connectivity index is 1.74. The van der Waals surface area contributed by atoms with Crippen LogP contribution in [-0.2, 0) is 0 Å². The molecule has 2 aromatic heterocycles. The van der Waals surface area contributed by atoms with Crippen LogP contribution in [0.3, 0.4) is 0 Å². The van der Waals surface area contributed by atoms with Gasteiger partial charge in [-0.05, 0) is 42.0 Å². The topological polar surface area (TPSA) is 76.1 Å². The van der Waals surface area contributed by atoms with E-state index in [0.29, 0.717) is 26.7 Å². The molecule has 2 aromatic carbocycles. The molecule has 0 unspecified atom stereocenters. The molecule has 0 bridgehead atoms. The summed E-state index contributed by atoms with van der Waals surface area (Å²) in [4.78, 5) is 17.0. The Labute approximate surface area is 185 Å². The van der Waals surface area contributed by atoms with E-state index < -0.39 is 5.63 Å². The molecule has 0 N–H and O–H groups in total. The quantitative estimate of drug-likeness (QED) is 0.267. The summed E-state index contributed by atoms with van der Waals surface area (Å²) in [6.45, 7) is 0. The van der Waals surface area contributed by atoms with Crippen LogP contribution in [0.4, 0.5) is 0 Å². The van der Waals surface area contributed by atoms with Crippen LogP contribution in [0.25, 0.3) is 33.9 Å². The molecule has 0 amide bonds. The van der Waals surface area contributed by atoms with E-state index in [1.807, 2.05) is 24.3 Å². The molecule has 4 rings (SSSR count). The van der Waals surface area contributed by atoms with Gasteiger partial charge in [0.15, 0.2) is 5.58 Å². The van der Waals surface area contributed by atoms with Crippen LogP contribution in [0.15, 0.2) is 57.1 Å². The summed E-state index contributed by atoms with van der Waals surface area (Å²) < 4.78 is 10.5. The Kier molecular flexibility index (Phi) is 5.60. The summed E-state index contributed by atoms with van der Waals surface area (Å²) >= 11 is 13.4. The van der Waals surface area contributed by atoms with Gasteiger partial charge >= 0.3 is 5.63 Å². The zero-order valence-electron chi connectivity index (χ0n) is 15.5. The van der Waals surface area contributed by atoms with Crippen LogP contribution in [0.5, 0.6) is 5.75 Å². The molecule has 0 spiro atoms. The standard InChI is InChI=1S/C22H12Cl2N2O3S/c1-28-16-4-2-12(3-5-16)6-14(10-25)21-26-19(11-30-21)17-8-13-7-15(23)9-18(24)20(13)29-22(17)27/h2-9,11H,1H3/b14-6-. The average Bonchev–Trinajstić information content (AvgIpc) is 3.22. The molecule has 2 heterocycles. The predicted molar refractivity (Wildman–Crippen MR) is 120 cm³/mol. The average molecular weight is 455 g/mol. The zero-order valence-corrected chi connectivity index (χ0v) is 17.8. The molecule has 0 atom stereocenters. The first kappa shape index (κ1) is 20.2. The molecule has 30 heavy (non-hydrogen) atoms. The van der Waals surface area contributed by atoms with Gasteiger partial charge in [0.1, 0.15) is 16.8 Å². The van der Waals surface area contributed by atoms with Gasteiger partial charge in [-0.15, -0.1) is 11.3 Å². The minimum Gasteiger partial charge on any atom is -0.497 e. The smallest absolute Gasteiger partial charge is 0.345 e. The van der Waals surface area contributed by atoms with Crippen molar-refractivity contribution >= 4 is 57.2 Å². The van der Waals surface area contributed by atoms with Gasteiger partial charge < -0.3 is 9.15 Å². The number of aromatic nitrogens is 1. The summed E-state index contributed by atoms with van der Waals surface area (Å²) in [6, 6.07) is 14.3. The van der Waals surface area contributed by atoms with Gasteiger partial charge in [-0.25, -0.2) is 9.78 Å². The van der Waals surface area contributed by atoms with E-state index in [1.165, 1.54) is 17.4 Å². The summed E-state index contributed by atoms with van der Waals surface area (Å²) in [5.74, 6) is 0.727. The maximum atomic E-state index is 12.5. The molecule has 8 heteroatoms. The van der Waals surface area contributed by atoms with Gasteiger partial charge in [0.2, 0.25) is 0 Å². The molecule has 4 aromatic rings. The van der Waals surface area contributed by atoms with Gasteiger partial charge in [-0.3, -0.25) is 0 Å². The lowest BCUT2D eigenvalue weighted by Gasteiger charge is -2.02. The Morgan fingerprint density at radius 2 is 2.00 bits per heavy atom. The minimum atomic E-state index is -0.568. The third kappa shape index (κ3) is 3.96. The largest absolute Gasteiger partial charge is 0.497 e. The molecule has 0 aliphatic heterocycles. The van der Waals surface area contributed by atoms with Crippen molar-refractivity contribution in [3.05, 3.63) is 78.9 Å². The summed E-state index contributed by atoms with van der Waals surface area (Å²) in [5, 5.41) is 13.1. The number of benzene rings is 2. The number of thiazole rings is 1. The van der Waals surface area contributed by atoms with E-state index in [1.54, 1.807) is 30.7 Å². The number of halogens is 2. The van der Waals surface area contributed by atoms with Gasteiger partial charge in [-0.2, -0.15) is 5.26 Å². The Morgan fingerprint density at radius 1 is 1.23 bits per heavy atom. The van der Waals surface area contributed by atoms with Crippen molar-refractivity contribution in [2.24, 2.45) is 0 Å². The summed E-state index contributed by atoms with van der Waals surface area (Å²) in [5.41, 5.74) is 1.59. The lowest BCUT2D eigenvalue weighted by Crippen LogP contribution is -2.03. The monoisotopic (exact) mass is 454 g/mol. The third-order valence-electron chi connectivity index (χ3n) is 4.31. The van der Waals surface area contributed by atoms with E-state index in [4.69, 9.17) is 32.4 Å². The summed E-state index contributed by atoms with van der Waals surface area (Å²) in [6.07, 6.45) is 1.73. The molecule has 0 radical (unpaired) electrons. The molecule has 0 aliphatic carbocycles. The SMILES string of the molecule is COc1ccc(/C=C(/C#N)c2nc(-c3cc4cc(Cl)cc(Cl)c4oc3=O)cs2)cc1. The molecular formula is C22H12Cl2N2O3S. The molecular weight excluding hydrogens is 443 g/mol.